The van der Waals surface area contributed by atoms with Crippen LogP contribution in [0.15, 0.2) is 11.4 Å². The Hall–Kier alpha value is -1.63. The molecule has 0 aliphatic heterocycles. The summed E-state index contributed by atoms with van der Waals surface area (Å²) in [4.78, 5) is 4.50. The standard InChI is InChI=1S/C14H21N5OS/c1-9-7-15-11(10(2)12(9)20-6)8-21-13-16-17-18-19(13)14(3,4)5/h7H,8H2,1-6H3. The van der Waals surface area contributed by atoms with E-state index in [0.717, 1.165) is 27.7 Å². The lowest BCUT2D eigenvalue weighted by Gasteiger charge is -2.19. The predicted molar refractivity (Wildman–Crippen MR) is 82.6 cm³/mol. The van der Waals surface area contributed by atoms with Crippen LogP contribution in [0.2, 0.25) is 0 Å². The molecule has 6 nitrogen and oxygen atoms in total. The Labute approximate surface area is 129 Å². The number of pyridine rings is 1. The molecule has 0 saturated carbocycles. The second-order valence-electron chi connectivity index (χ2n) is 5.88. The van der Waals surface area contributed by atoms with Crippen LogP contribution in [0, 0.1) is 13.8 Å². The van der Waals surface area contributed by atoms with Crippen molar-refractivity contribution in [3.63, 3.8) is 0 Å². The summed E-state index contributed by atoms with van der Waals surface area (Å²) >= 11 is 1.58. The van der Waals surface area contributed by atoms with Crippen LogP contribution in [0.5, 0.6) is 5.75 Å². The molecule has 2 aromatic rings. The van der Waals surface area contributed by atoms with E-state index >= 15 is 0 Å². The Morgan fingerprint density at radius 3 is 2.62 bits per heavy atom. The molecule has 0 saturated heterocycles. The van der Waals surface area contributed by atoms with E-state index in [1.54, 1.807) is 18.9 Å². The van der Waals surface area contributed by atoms with E-state index in [1.807, 2.05) is 24.7 Å². The van der Waals surface area contributed by atoms with Crippen LogP contribution in [0.4, 0.5) is 0 Å². The number of nitrogens with zero attached hydrogens (tertiary/aromatic N) is 5. The molecule has 7 heteroatoms. The summed E-state index contributed by atoms with van der Waals surface area (Å²) in [6.07, 6.45) is 1.84. The van der Waals surface area contributed by atoms with E-state index in [1.165, 1.54) is 0 Å². The normalized spacial score (nSPS) is 11.7. The molecule has 0 unspecified atom stereocenters. The average molecular weight is 307 g/mol. The van der Waals surface area contributed by atoms with Crippen molar-refractivity contribution in [1.29, 1.82) is 0 Å². The third kappa shape index (κ3) is 3.34. The monoisotopic (exact) mass is 307 g/mol. The summed E-state index contributed by atoms with van der Waals surface area (Å²) in [6, 6.07) is 0. The third-order valence-electron chi connectivity index (χ3n) is 3.16. The van der Waals surface area contributed by atoms with Gasteiger partial charge < -0.3 is 4.74 Å². The Balaban J connectivity index is 2.20. The number of aromatic nitrogens is 5. The maximum atomic E-state index is 5.44. The first-order valence-corrected chi connectivity index (χ1v) is 7.74. The fraction of sp³-hybridized carbons (Fsp3) is 0.571. The number of thioether (sulfide) groups is 1. The van der Waals surface area contributed by atoms with Gasteiger partial charge in [0.05, 0.1) is 18.3 Å². The van der Waals surface area contributed by atoms with E-state index in [0.29, 0.717) is 5.75 Å². The summed E-state index contributed by atoms with van der Waals surface area (Å²) in [5, 5.41) is 12.7. The zero-order valence-corrected chi connectivity index (χ0v) is 14.2. The van der Waals surface area contributed by atoms with Crippen LogP contribution >= 0.6 is 11.8 Å². The molecule has 2 heterocycles. The van der Waals surface area contributed by atoms with Crippen molar-refractivity contribution in [3.05, 3.63) is 23.0 Å². The maximum Gasteiger partial charge on any atom is 0.210 e. The molecule has 0 aromatic carbocycles. The van der Waals surface area contributed by atoms with Crippen LogP contribution in [0.25, 0.3) is 0 Å². The lowest BCUT2D eigenvalue weighted by Crippen LogP contribution is -2.24. The molecule has 2 aromatic heterocycles. The number of aryl methyl sites for hydroxylation is 1. The fourth-order valence-electron chi connectivity index (χ4n) is 2.04. The zero-order valence-electron chi connectivity index (χ0n) is 13.3. The Bertz CT molecular complexity index is 633. The molecule has 0 amide bonds. The average Bonchev–Trinajstić information content (AvgIpc) is 2.87. The van der Waals surface area contributed by atoms with Gasteiger partial charge in [0.25, 0.3) is 0 Å². The first-order chi connectivity index (χ1) is 9.84. The molecular weight excluding hydrogens is 286 g/mol. The first kappa shape index (κ1) is 15.8. The van der Waals surface area contributed by atoms with Crippen molar-refractivity contribution in [2.24, 2.45) is 0 Å². The van der Waals surface area contributed by atoms with E-state index in [4.69, 9.17) is 4.74 Å². The van der Waals surface area contributed by atoms with Crippen LogP contribution in [-0.2, 0) is 11.3 Å². The molecule has 0 spiro atoms. The topological polar surface area (TPSA) is 65.7 Å². The SMILES string of the molecule is COc1c(C)cnc(CSc2nnnn2C(C)(C)C)c1C. The highest BCUT2D eigenvalue weighted by Gasteiger charge is 2.20. The van der Waals surface area contributed by atoms with Crippen LogP contribution in [0.1, 0.15) is 37.6 Å². The van der Waals surface area contributed by atoms with E-state index < -0.39 is 0 Å². The molecule has 0 atom stereocenters. The molecule has 0 N–H and O–H groups in total. The summed E-state index contributed by atoms with van der Waals surface area (Å²) < 4.78 is 7.27. The van der Waals surface area contributed by atoms with E-state index in [9.17, 15) is 0 Å². The third-order valence-corrected chi connectivity index (χ3v) is 4.09. The van der Waals surface area contributed by atoms with Gasteiger partial charge in [0, 0.05) is 23.1 Å². The van der Waals surface area contributed by atoms with Crippen LogP contribution in [0.3, 0.4) is 0 Å². The summed E-state index contributed by atoms with van der Waals surface area (Å²) in [5.74, 6) is 1.61. The van der Waals surface area contributed by atoms with Crippen LogP contribution < -0.4 is 4.74 Å². The number of methoxy groups -OCH3 is 1. The highest BCUT2D eigenvalue weighted by Crippen LogP contribution is 2.29. The fourth-order valence-corrected chi connectivity index (χ4v) is 3.12. The molecule has 0 aliphatic carbocycles. The highest BCUT2D eigenvalue weighted by molar-refractivity contribution is 7.98. The lowest BCUT2D eigenvalue weighted by molar-refractivity contribution is 0.321. The molecule has 0 radical (unpaired) electrons. The first-order valence-electron chi connectivity index (χ1n) is 6.75. The van der Waals surface area contributed by atoms with Crippen molar-refractivity contribution in [1.82, 2.24) is 25.2 Å². The Morgan fingerprint density at radius 1 is 1.29 bits per heavy atom. The van der Waals surface area contributed by atoms with Crippen LogP contribution in [-0.4, -0.2) is 32.3 Å². The summed E-state index contributed by atoms with van der Waals surface area (Å²) in [5.41, 5.74) is 2.97. The van der Waals surface area contributed by atoms with Crippen molar-refractivity contribution in [3.8, 4) is 5.75 Å². The van der Waals surface area contributed by atoms with Gasteiger partial charge in [0.2, 0.25) is 5.16 Å². The van der Waals surface area contributed by atoms with Gasteiger partial charge in [-0.2, -0.15) is 0 Å². The maximum absolute atomic E-state index is 5.44. The van der Waals surface area contributed by atoms with Gasteiger partial charge in [-0.25, -0.2) is 4.68 Å². The number of hydrogen-bond donors (Lipinski definition) is 0. The zero-order chi connectivity index (χ0) is 15.6. The largest absolute Gasteiger partial charge is 0.496 e. The Morgan fingerprint density at radius 2 is 2.00 bits per heavy atom. The predicted octanol–water partition coefficient (Wildman–Crippen LogP) is 2.74. The number of rotatable bonds is 4. The second kappa shape index (κ2) is 6.01. The Kier molecular flexibility index (Phi) is 4.51. The minimum absolute atomic E-state index is 0.140. The smallest absolute Gasteiger partial charge is 0.210 e. The van der Waals surface area contributed by atoms with Crippen molar-refractivity contribution in [2.45, 2.75) is 51.1 Å². The summed E-state index contributed by atoms with van der Waals surface area (Å²) in [7, 11) is 1.69. The van der Waals surface area contributed by atoms with Gasteiger partial charge in [-0.05, 0) is 45.0 Å². The van der Waals surface area contributed by atoms with Crippen molar-refractivity contribution in [2.75, 3.05) is 7.11 Å². The van der Waals surface area contributed by atoms with Gasteiger partial charge in [-0.1, -0.05) is 11.8 Å². The highest BCUT2D eigenvalue weighted by atomic mass is 32.2. The molecule has 2 rings (SSSR count). The summed E-state index contributed by atoms with van der Waals surface area (Å²) in [6.45, 7) is 10.3. The number of tetrazole rings is 1. The molecule has 0 fully saturated rings. The molecule has 0 bridgehead atoms. The minimum Gasteiger partial charge on any atom is -0.496 e. The van der Waals surface area contributed by atoms with E-state index in [2.05, 4.69) is 41.3 Å². The van der Waals surface area contributed by atoms with Crippen molar-refractivity contribution < 1.29 is 4.74 Å². The second-order valence-corrected chi connectivity index (χ2v) is 6.82. The molecule has 21 heavy (non-hydrogen) atoms. The lowest BCUT2D eigenvalue weighted by atomic mass is 10.1. The van der Waals surface area contributed by atoms with Crippen molar-refractivity contribution >= 4 is 11.8 Å². The van der Waals surface area contributed by atoms with Gasteiger partial charge >= 0.3 is 0 Å². The minimum atomic E-state index is -0.140. The van der Waals surface area contributed by atoms with Gasteiger partial charge in [0.1, 0.15) is 5.75 Å². The quantitative estimate of drug-likeness (QED) is 0.809. The van der Waals surface area contributed by atoms with E-state index in [-0.39, 0.29) is 5.54 Å². The molecule has 114 valence electrons. The molecule has 0 aliphatic rings. The number of hydrogen-bond acceptors (Lipinski definition) is 6. The van der Waals surface area contributed by atoms with Gasteiger partial charge in [0.15, 0.2) is 0 Å². The van der Waals surface area contributed by atoms with Gasteiger partial charge in [-0.15, -0.1) is 5.10 Å². The molecular formula is C14H21N5OS. The number of ether oxygens (including phenoxy) is 1. The van der Waals surface area contributed by atoms with Gasteiger partial charge in [-0.3, -0.25) is 4.98 Å².